The molecule has 0 unspecified atom stereocenters. The number of carbonyl (C=O) groups is 4. The monoisotopic (exact) mass is 643 g/mol. The highest BCUT2D eigenvalue weighted by molar-refractivity contribution is 9.12. The summed E-state index contributed by atoms with van der Waals surface area (Å²) in [6.45, 7) is 2.04. The molecule has 1 saturated heterocycles. The van der Waals surface area contributed by atoms with Crippen molar-refractivity contribution in [2.24, 2.45) is 23.7 Å². The van der Waals surface area contributed by atoms with Gasteiger partial charge in [-0.3, -0.25) is 24.1 Å². The van der Waals surface area contributed by atoms with Crippen molar-refractivity contribution in [2.45, 2.75) is 26.2 Å². The molecule has 0 aromatic heterocycles. The Bertz CT molecular complexity index is 1670. The standard InChI is InChI=1S/C34H30BrNO7/c1-4-17-5-8-19(9-6-17)36-33(40)22-12-11-20-21(10-7-18-13-27(42-2)32(39)28(14-18)43-3)29-24(15-23(20)30(22)34(36)41)31(38)25(35)16-26(29)37/h5-11,13-14,16,21-23,30,39H,4,12,15H2,1-3H3/t21-,22-,23+,30-/m0/s1. The number of hydrogen-bond acceptors (Lipinski definition) is 7. The van der Waals surface area contributed by atoms with E-state index in [2.05, 4.69) is 15.9 Å². The molecule has 0 saturated carbocycles. The second-order valence-electron chi connectivity index (χ2n) is 11.1. The fraction of sp³-hybridized carbons (Fsp3) is 0.294. The molecule has 43 heavy (non-hydrogen) atoms. The third kappa shape index (κ3) is 4.66. The molecule has 9 heteroatoms. The third-order valence-electron chi connectivity index (χ3n) is 8.97. The average molecular weight is 645 g/mol. The minimum absolute atomic E-state index is 0.132. The summed E-state index contributed by atoms with van der Waals surface area (Å²) in [6, 6.07) is 10.7. The molecule has 2 aromatic rings. The zero-order chi connectivity index (χ0) is 30.6. The smallest absolute Gasteiger partial charge is 0.238 e. The van der Waals surface area contributed by atoms with Gasteiger partial charge in [0.25, 0.3) is 0 Å². The van der Waals surface area contributed by atoms with Crippen molar-refractivity contribution in [3.8, 4) is 17.2 Å². The number of fused-ring (bicyclic) bond motifs is 3. The normalized spacial score (nSPS) is 25.0. The molecule has 3 aliphatic carbocycles. The molecular weight excluding hydrogens is 614 g/mol. The summed E-state index contributed by atoms with van der Waals surface area (Å²) in [6.07, 6.45) is 8.29. The fourth-order valence-corrected chi connectivity index (χ4v) is 7.28. The SMILES string of the molecule is CCc1ccc(N2C(=O)[C@H]3[C@H](CC=C4[C@H](C=Cc5cc(OC)c(O)c(OC)c5)C5=C(C[C@H]43)C(=O)C(Br)=CC5=O)C2=O)cc1. The van der Waals surface area contributed by atoms with E-state index >= 15 is 0 Å². The number of phenols is 1. The van der Waals surface area contributed by atoms with Crippen LogP contribution < -0.4 is 14.4 Å². The van der Waals surface area contributed by atoms with Crippen molar-refractivity contribution in [2.75, 3.05) is 19.1 Å². The number of carbonyl (C=O) groups excluding carboxylic acids is 4. The van der Waals surface area contributed by atoms with Crippen molar-refractivity contribution in [3.05, 3.63) is 87.0 Å². The van der Waals surface area contributed by atoms with Crippen molar-refractivity contribution in [1.29, 1.82) is 0 Å². The van der Waals surface area contributed by atoms with Gasteiger partial charge in [0.05, 0.1) is 36.2 Å². The lowest BCUT2D eigenvalue weighted by molar-refractivity contribution is -0.123. The van der Waals surface area contributed by atoms with Crippen LogP contribution in [0.1, 0.15) is 30.9 Å². The predicted octanol–water partition coefficient (Wildman–Crippen LogP) is 5.48. The van der Waals surface area contributed by atoms with Crippen LogP contribution in [0.3, 0.4) is 0 Å². The number of imide groups is 1. The van der Waals surface area contributed by atoms with E-state index in [4.69, 9.17) is 9.47 Å². The number of anilines is 1. The van der Waals surface area contributed by atoms with Crippen molar-refractivity contribution in [1.82, 2.24) is 0 Å². The van der Waals surface area contributed by atoms with Crippen LogP contribution in [0.25, 0.3) is 6.08 Å². The maximum absolute atomic E-state index is 14.0. The summed E-state index contributed by atoms with van der Waals surface area (Å²) in [5, 5.41) is 10.3. The molecule has 6 rings (SSSR count). The molecule has 1 heterocycles. The van der Waals surface area contributed by atoms with E-state index < -0.39 is 23.7 Å². The lowest BCUT2D eigenvalue weighted by Gasteiger charge is -2.41. The van der Waals surface area contributed by atoms with E-state index in [0.717, 1.165) is 17.6 Å². The Morgan fingerprint density at radius 2 is 1.67 bits per heavy atom. The number of aromatic hydroxyl groups is 1. The Kier molecular flexibility index (Phi) is 7.46. The van der Waals surface area contributed by atoms with Crippen LogP contribution in [0.5, 0.6) is 17.2 Å². The molecule has 2 amide bonds. The summed E-state index contributed by atoms with van der Waals surface area (Å²) in [4.78, 5) is 55.7. The highest BCUT2D eigenvalue weighted by atomic mass is 79.9. The number of ketones is 2. The predicted molar refractivity (Wildman–Crippen MR) is 164 cm³/mol. The Hall–Kier alpha value is -4.24. The molecule has 2 aromatic carbocycles. The van der Waals surface area contributed by atoms with E-state index in [-0.39, 0.29) is 51.5 Å². The first kappa shape index (κ1) is 28.9. The first-order valence-electron chi connectivity index (χ1n) is 14.2. The summed E-state index contributed by atoms with van der Waals surface area (Å²) in [5.41, 5.74) is 3.89. The Morgan fingerprint density at radius 3 is 2.30 bits per heavy atom. The summed E-state index contributed by atoms with van der Waals surface area (Å²) in [7, 11) is 2.87. The summed E-state index contributed by atoms with van der Waals surface area (Å²) in [5.74, 6) is -2.98. The van der Waals surface area contributed by atoms with E-state index in [1.165, 1.54) is 25.2 Å². The Balaban J connectivity index is 1.42. The van der Waals surface area contributed by atoms with Gasteiger partial charge in [-0.25, -0.2) is 0 Å². The molecule has 4 atom stereocenters. The van der Waals surface area contributed by atoms with Crippen LogP contribution in [0, 0.1) is 23.7 Å². The molecule has 0 spiro atoms. The fourth-order valence-electron chi connectivity index (χ4n) is 6.84. The Morgan fingerprint density at radius 1 is 1.00 bits per heavy atom. The van der Waals surface area contributed by atoms with Crippen LogP contribution in [0.15, 0.2) is 75.8 Å². The topological polar surface area (TPSA) is 110 Å². The number of rotatable bonds is 6. The first-order chi connectivity index (χ1) is 20.7. The summed E-state index contributed by atoms with van der Waals surface area (Å²) < 4.78 is 10.8. The van der Waals surface area contributed by atoms with Crippen LogP contribution in [-0.2, 0) is 25.6 Å². The second-order valence-corrected chi connectivity index (χ2v) is 12.0. The van der Waals surface area contributed by atoms with Crippen molar-refractivity contribution >= 4 is 51.1 Å². The lowest BCUT2D eigenvalue weighted by atomic mass is 9.61. The largest absolute Gasteiger partial charge is 0.502 e. The number of nitrogens with zero attached hydrogens (tertiary/aromatic N) is 1. The maximum atomic E-state index is 14.0. The van der Waals surface area contributed by atoms with Crippen molar-refractivity contribution < 1.29 is 33.8 Å². The number of amides is 2. The molecular formula is C34H30BrNO7. The first-order valence-corrected chi connectivity index (χ1v) is 15.0. The number of Topliss-reactive ketones (excluding diaryl/α,β-unsaturated/α-hetero) is 1. The number of aryl methyl sites for hydroxylation is 1. The van der Waals surface area contributed by atoms with E-state index in [9.17, 15) is 24.3 Å². The molecule has 0 bridgehead atoms. The van der Waals surface area contributed by atoms with Crippen LogP contribution in [0.4, 0.5) is 5.69 Å². The summed E-state index contributed by atoms with van der Waals surface area (Å²) >= 11 is 3.25. The van der Waals surface area contributed by atoms with Gasteiger partial charge >= 0.3 is 0 Å². The van der Waals surface area contributed by atoms with Crippen LogP contribution in [0.2, 0.25) is 0 Å². The van der Waals surface area contributed by atoms with Crippen molar-refractivity contribution in [3.63, 3.8) is 0 Å². The van der Waals surface area contributed by atoms with Gasteiger partial charge in [-0.2, -0.15) is 0 Å². The number of ether oxygens (including phenoxy) is 2. The molecule has 1 fully saturated rings. The van der Waals surface area contributed by atoms with Gasteiger partial charge in [0.1, 0.15) is 0 Å². The highest BCUT2D eigenvalue weighted by Gasteiger charge is 2.56. The van der Waals surface area contributed by atoms with Crippen LogP contribution in [-0.4, -0.2) is 42.7 Å². The number of hydrogen-bond donors (Lipinski definition) is 1. The molecule has 0 radical (unpaired) electrons. The van der Waals surface area contributed by atoms with E-state index in [1.807, 2.05) is 31.2 Å². The minimum atomic E-state index is -0.648. The molecule has 1 aliphatic heterocycles. The zero-order valence-electron chi connectivity index (χ0n) is 23.9. The van der Waals surface area contributed by atoms with Gasteiger partial charge < -0.3 is 14.6 Å². The number of benzene rings is 2. The van der Waals surface area contributed by atoms with Gasteiger partial charge in [0.15, 0.2) is 23.1 Å². The molecule has 4 aliphatic rings. The van der Waals surface area contributed by atoms with Gasteiger partial charge in [0, 0.05) is 23.1 Å². The highest BCUT2D eigenvalue weighted by Crippen LogP contribution is 2.53. The van der Waals surface area contributed by atoms with Gasteiger partial charge in [-0.05, 0) is 76.5 Å². The Labute approximate surface area is 257 Å². The molecule has 220 valence electrons. The number of halogens is 1. The van der Waals surface area contributed by atoms with Gasteiger partial charge in [-0.1, -0.05) is 42.9 Å². The number of methoxy groups -OCH3 is 2. The minimum Gasteiger partial charge on any atom is -0.502 e. The van der Waals surface area contributed by atoms with E-state index in [0.29, 0.717) is 28.8 Å². The van der Waals surface area contributed by atoms with Gasteiger partial charge in [0.2, 0.25) is 17.6 Å². The average Bonchev–Trinajstić information content (AvgIpc) is 3.27. The number of allylic oxidation sites excluding steroid dienone is 7. The molecule has 1 N–H and O–H groups in total. The third-order valence-corrected chi connectivity index (χ3v) is 9.55. The van der Waals surface area contributed by atoms with Crippen LogP contribution >= 0.6 is 15.9 Å². The van der Waals surface area contributed by atoms with Gasteiger partial charge in [-0.15, -0.1) is 0 Å². The number of phenolic OH excluding ortho intramolecular Hbond substituents is 1. The zero-order valence-corrected chi connectivity index (χ0v) is 25.5. The maximum Gasteiger partial charge on any atom is 0.238 e. The van der Waals surface area contributed by atoms with E-state index in [1.54, 1.807) is 30.3 Å². The molecule has 8 nitrogen and oxygen atoms in total. The second kappa shape index (κ2) is 11.1. The quantitative estimate of drug-likeness (QED) is 0.252. The lowest BCUT2D eigenvalue weighted by Crippen LogP contribution is -2.40.